The topological polar surface area (TPSA) is 49.3 Å². The Morgan fingerprint density at radius 3 is 2.70 bits per heavy atom. The molecule has 2 rings (SSSR count). The fourth-order valence-corrected chi connectivity index (χ4v) is 3.13. The zero-order chi connectivity index (χ0) is 14.4. The van der Waals surface area contributed by atoms with Gasteiger partial charge in [-0.2, -0.15) is 0 Å². The smallest absolute Gasteiger partial charge is 0.335 e. The number of benzene rings is 1. The van der Waals surface area contributed by atoms with Gasteiger partial charge in [0.1, 0.15) is 0 Å². The summed E-state index contributed by atoms with van der Waals surface area (Å²) in [4.78, 5) is 10.8. The van der Waals surface area contributed by atoms with Gasteiger partial charge in [0.05, 0.1) is 5.56 Å². The lowest BCUT2D eigenvalue weighted by Crippen LogP contribution is -2.21. The molecule has 2 N–H and O–H groups in total. The third kappa shape index (κ3) is 4.64. The highest BCUT2D eigenvalue weighted by Gasteiger charge is 2.17. The van der Waals surface area contributed by atoms with Crippen molar-refractivity contribution in [3.63, 3.8) is 0 Å². The summed E-state index contributed by atoms with van der Waals surface area (Å²) in [6.07, 6.45) is 6.83. The van der Waals surface area contributed by atoms with Crippen LogP contribution < -0.4 is 5.32 Å². The van der Waals surface area contributed by atoms with E-state index < -0.39 is 5.97 Å². The molecule has 0 aromatic heterocycles. The Morgan fingerprint density at radius 2 is 2.05 bits per heavy atom. The molecule has 0 aliphatic heterocycles. The van der Waals surface area contributed by atoms with Gasteiger partial charge in [-0.3, -0.25) is 0 Å². The molecule has 0 amide bonds. The first-order chi connectivity index (χ1) is 9.65. The standard InChI is InChI=1S/C17H25NO2/c1-13-3-2-4-14(11-13)9-10-18-12-15-5-7-16(8-6-15)17(19)20/h5-8,13-14,18H,2-4,9-12H2,1H3,(H,19,20). The van der Waals surface area contributed by atoms with Crippen molar-refractivity contribution in [3.8, 4) is 0 Å². The van der Waals surface area contributed by atoms with E-state index in [4.69, 9.17) is 5.11 Å². The Bertz CT molecular complexity index is 427. The lowest BCUT2D eigenvalue weighted by molar-refractivity contribution is 0.0697. The maximum atomic E-state index is 10.8. The molecule has 2 unspecified atom stereocenters. The third-order valence-electron chi connectivity index (χ3n) is 4.30. The van der Waals surface area contributed by atoms with E-state index >= 15 is 0 Å². The molecule has 0 radical (unpaired) electrons. The van der Waals surface area contributed by atoms with Crippen LogP contribution in [0.4, 0.5) is 0 Å². The average molecular weight is 275 g/mol. The lowest BCUT2D eigenvalue weighted by Gasteiger charge is -2.26. The molecule has 1 aromatic carbocycles. The normalized spacial score (nSPS) is 22.6. The summed E-state index contributed by atoms with van der Waals surface area (Å²) in [6.45, 7) is 4.24. The van der Waals surface area contributed by atoms with E-state index in [1.54, 1.807) is 12.1 Å². The van der Waals surface area contributed by atoms with E-state index in [0.29, 0.717) is 5.56 Å². The van der Waals surface area contributed by atoms with Crippen molar-refractivity contribution < 1.29 is 9.90 Å². The van der Waals surface area contributed by atoms with Crippen molar-refractivity contribution in [1.82, 2.24) is 5.32 Å². The van der Waals surface area contributed by atoms with Crippen LogP contribution in [0.2, 0.25) is 0 Å². The van der Waals surface area contributed by atoms with Gasteiger partial charge < -0.3 is 10.4 Å². The Labute approximate surface area is 121 Å². The largest absolute Gasteiger partial charge is 0.478 e. The second kappa shape index (κ2) is 7.44. The molecular formula is C17H25NO2. The number of carboxylic acid groups (broad SMARTS) is 1. The summed E-state index contributed by atoms with van der Waals surface area (Å²) in [5.41, 5.74) is 1.50. The van der Waals surface area contributed by atoms with Gasteiger partial charge in [0.2, 0.25) is 0 Å². The summed E-state index contributed by atoms with van der Waals surface area (Å²) < 4.78 is 0. The molecule has 110 valence electrons. The maximum Gasteiger partial charge on any atom is 0.335 e. The predicted octanol–water partition coefficient (Wildman–Crippen LogP) is 3.69. The molecule has 0 heterocycles. The number of hydrogen-bond donors (Lipinski definition) is 2. The lowest BCUT2D eigenvalue weighted by atomic mass is 9.81. The van der Waals surface area contributed by atoms with Gasteiger partial charge in [-0.15, -0.1) is 0 Å². The Morgan fingerprint density at radius 1 is 1.30 bits per heavy atom. The van der Waals surface area contributed by atoms with E-state index in [2.05, 4.69) is 12.2 Å². The van der Waals surface area contributed by atoms with E-state index in [-0.39, 0.29) is 0 Å². The summed E-state index contributed by atoms with van der Waals surface area (Å²) in [7, 11) is 0. The fraction of sp³-hybridized carbons (Fsp3) is 0.588. The van der Waals surface area contributed by atoms with Gasteiger partial charge in [-0.1, -0.05) is 38.3 Å². The predicted molar refractivity (Wildman–Crippen MR) is 80.8 cm³/mol. The maximum absolute atomic E-state index is 10.8. The molecule has 0 spiro atoms. The minimum absolute atomic E-state index is 0.352. The molecule has 0 bridgehead atoms. The average Bonchev–Trinajstić information content (AvgIpc) is 2.44. The van der Waals surface area contributed by atoms with Crippen molar-refractivity contribution in [2.75, 3.05) is 6.54 Å². The van der Waals surface area contributed by atoms with Crippen LogP contribution in [0.25, 0.3) is 0 Å². The number of aromatic carboxylic acids is 1. The number of nitrogens with one attached hydrogen (secondary N) is 1. The molecule has 1 aliphatic carbocycles. The molecule has 2 atom stereocenters. The SMILES string of the molecule is CC1CCCC(CCNCc2ccc(C(=O)O)cc2)C1. The molecule has 3 heteroatoms. The van der Waals surface area contributed by atoms with Crippen LogP contribution in [0.1, 0.15) is 54.9 Å². The molecule has 1 saturated carbocycles. The first-order valence-corrected chi connectivity index (χ1v) is 7.68. The summed E-state index contributed by atoms with van der Waals surface area (Å²) in [6, 6.07) is 7.11. The molecule has 1 fully saturated rings. The van der Waals surface area contributed by atoms with Crippen molar-refractivity contribution >= 4 is 5.97 Å². The van der Waals surface area contributed by atoms with Crippen LogP contribution in [-0.2, 0) is 6.54 Å². The minimum atomic E-state index is -0.865. The summed E-state index contributed by atoms with van der Waals surface area (Å²) in [5, 5.41) is 12.3. The Kier molecular flexibility index (Phi) is 5.60. The van der Waals surface area contributed by atoms with Crippen LogP contribution in [0.15, 0.2) is 24.3 Å². The highest BCUT2D eigenvalue weighted by atomic mass is 16.4. The van der Waals surface area contributed by atoms with Gasteiger partial charge >= 0.3 is 5.97 Å². The Hall–Kier alpha value is -1.35. The van der Waals surface area contributed by atoms with E-state index in [0.717, 1.165) is 30.5 Å². The van der Waals surface area contributed by atoms with Gasteiger partial charge in [-0.05, 0) is 48.9 Å². The first kappa shape index (κ1) is 15.0. The van der Waals surface area contributed by atoms with Crippen LogP contribution >= 0.6 is 0 Å². The summed E-state index contributed by atoms with van der Waals surface area (Å²) in [5.74, 6) is 0.925. The van der Waals surface area contributed by atoms with Gasteiger partial charge in [-0.25, -0.2) is 4.79 Å². The second-order valence-corrected chi connectivity index (χ2v) is 6.11. The van der Waals surface area contributed by atoms with Gasteiger partial charge in [0, 0.05) is 6.54 Å². The molecule has 1 aliphatic rings. The second-order valence-electron chi connectivity index (χ2n) is 6.11. The molecule has 1 aromatic rings. The third-order valence-corrected chi connectivity index (χ3v) is 4.30. The van der Waals surface area contributed by atoms with E-state index in [1.165, 1.54) is 32.1 Å². The first-order valence-electron chi connectivity index (χ1n) is 7.68. The van der Waals surface area contributed by atoms with Crippen LogP contribution in [0.5, 0.6) is 0 Å². The zero-order valence-electron chi connectivity index (χ0n) is 12.3. The fourth-order valence-electron chi connectivity index (χ4n) is 3.13. The summed E-state index contributed by atoms with van der Waals surface area (Å²) >= 11 is 0. The highest BCUT2D eigenvalue weighted by molar-refractivity contribution is 5.87. The van der Waals surface area contributed by atoms with Crippen LogP contribution in [-0.4, -0.2) is 17.6 Å². The molecule has 0 saturated heterocycles. The van der Waals surface area contributed by atoms with Gasteiger partial charge in [0.25, 0.3) is 0 Å². The monoisotopic (exact) mass is 275 g/mol. The van der Waals surface area contributed by atoms with Crippen molar-refractivity contribution in [3.05, 3.63) is 35.4 Å². The van der Waals surface area contributed by atoms with E-state index in [9.17, 15) is 4.79 Å². The number of rotatable bonds is 6. The van der Waals surface area contributed by atoms with Crippen molar-refractivity contribution in [1.29, 1.82) is 0 Å². The quantitative estimate of drug-likeness (QED) is 0.778. The number of hydrogen-bond acceptors (Lipinski definition) is 2. The molecular weight excluding hydrogens is 250 g/mol. The minimum Gasteiger partial charge on any atom is -0.478 e. The van der Waals surface area contributed by atoms with Crippen LogP contribution in [0.3, 0.4) is 0 Å². The van der Waals surface area contributed by atoms with Crippen molar-refractivity contribution in [2.24, 2.45) is 11.8 Å². The Balaban J connectivity index is 1.66. The molecule has 20 heavy (non-hydrogen) atoms. The highest BCUT2D eigenvalue weighted by Crippen LogP contribution is 2.30. The molecule has 3 nitrogen and oxygen atoms in total. The van der Waals surface area contributed by atoms with Gasteiger partial charge in [0.15, 0.2) is 0 Å². The number of carbonyl (C=O) groups is 1. The van der Waals surface area contributed by atoms with E-state index in [1.807, 2.05) is 12.1 Å². The van der Waals surface area contributed by atoms with Crippen LogP contribution in [0, 0.1) is 11.8 Å². The number of carboxylic acids is 1. The zero-order valence-corrected chi connectivity index (χ0v) is 12.3. The van der Waals surface area contributed by atoms with Crippen molar-refractivity contribution in [2.45, 2.75) is 45.6 Å².